The van der Waals surface area contributed by atoms with Crippen LogP contribution in [0.4, 0.5) is 0 Å². The van der Waals surface area contributed by atoms with Gasteiger partial charge in [-0.1, -0.05) is 23.2 Å². The van der Waals surface area contributed by atoms with Crippen molar-refractivity contribution in [1.82, 2.24) is 4.98 Å². The Kier molecular flexibility index (Phi) is 5.09. The highest BCUT2D eigenvalue weighted by atomic mass is 35.5. The quantitative estimate of drug-likeness (QED) is 0.394. The molecule has 0 unspecified atom stereocenters. The average molecular weight is 426 g/mol. The molecule has 2 aromatic heterocycles. The first-order chi connectivity index (χ1) is 13.9. The van der Waals surface area contributed by atoms with Crippen LogP contribution >= 0.6 is 23.2 Å². The van der Waals surface area contributed by atoms with E-state index in [0.717, 1.165) is 5.56 Å². The summed E-state index contributed by atoms with van der Waals surface area (Å²) in [6.07, 6.45) is 2.89. The Hall–Kier alpha value is -3.15. The molecule has 0 fully saturated rings. The number of halogens is 2. The molecule has 0 aliphatic carbocycles. The van der Waals surface area contributed by atoms with Gasteiger partial charge in [-0.2, -0.15) is 0 Å². The van der Waals surface area contributed by atoms with E-state index in [9.17, 15) is 9.59 Å². The van der Waals surface area contributed by atoms with E-state index in [1.54, 1.807) is 49.4 Å². The third-order valence-electron chi connectivity index (χ3n) is 4.33. The van der Waals surface area contributed by atoms with Crippen LogP contribution in [0.2, 0.25) is 10.0 Å². The molecule has 0 bridgehead atoms. The summed E-state index contributed by atoms with van der Waals surface area (Å²) >= 11 is 12.1. The van der Waals surface area contributed by atoms with Gasteiger partial charge in [0.05, 0.1) is 10.9 Å². The van der Waals surface area contributed by atoms with Gasteiger partial charge in [0, 0.05) is 28.0 Å². The summed E-state index contributed by atoms with van der Waals surface area (Å²) in [5.74, 6) is -0.829. The fourth-order valence-corrected chi connectivity index (χ4v) is 3.11. The predicted octanol–water partition coefficient (Wildman–Crippen LogP) is 5.69. The third-order valence-corrected chi connectivity index (χ3v) is 4.99. The summed E-state index contributed by atoms with van der Waals surface area (Å²) in [4.78, 5) is 29.7. The molecular formula is C22H13Cl2NO4. The molecule has 0 aliphatic heterocycles. The van der Waals surface area contributed by atoms with Crippen molar-refractivity contribution in [1.29, 1.82) is 0 Å². The number of fused-ring (bicyclic) bond motifs is 1. The lowest BCUT2D eigenvalue weighted by Crippen LogP contribution is -2.16. The standard InChI is InChI=1S/C22H13Cl2NO4/c1-12-9-18-16(10-17(12)24)19(26)21(29-22(27)14-3-2-8-25-11-14)20(28-18)13-4-6-15(23)7-5-13/h2-11H,1H3. The van der Waals surface area contributed by atoms with Gasteiger partial charge in [-0.15, -0.1) is 0 Å². The van der Waals surface area contributed by atoms with E-state index in [4.69, 9.17) is 32.4 Å². The molecule has 5 nitrogen and oxygen atoms in total. The molecule has 4 aromatic rings. The molecule has 4 rings (SSSR count). The van der Waals surface area contributed by atoms with Crippen molar-refractivity contribution in [2.75, 3.05) is 0 Å². The number of hydrogen-bond donors (Lipinski definition) is 0. The number of pyridine rings is 1. The second-order valence-corrected chi connectivity index (χ2v) is 7.17. The van der Waals surface area contributed by atoms with E-state index in [-0.39, 0.29) is 22.5 Å². The van der Waals surface area contributed by atoms with Gasteiger partial charge in [-0.05, 0) is 61.0 Å². The molecule has 2 heterocycles. The highest BCUT2D eigenvalue weighted by molar-refractivity contribution is 6.32. The summed E-state index contributed by atoms with van der Waals surface area (Å²) in [5, 5.41) is 1.15. The molecule has 7 heteroatoms. The minimum atomic E-state index is -0.724. The van der Waals surface area contributed by atoms with E-state index in [1.165, 1.54) is 18.5 Å². The van der Waals surface area contributed by atoms with E-state index < -0.39 is 11.4 Å². The second-order valence-electron chi connectivity index (χ2n) is 6.33. The van der Waals surface area contributed by atoms with Gasteiger partial charge in [-0.3, -0.25) is 9.78 Å². The topological polar surface area (TPSA) is 69.4 Å². The van der Waals surface area contributed by atoms with Crippen molar-refractivity contribution in [3.63, 3.8) is 0 Å². The number of nitrogens with zero attached hydrogens (tertiary/aromatic N) is 1. The first kappa shape index (κ1) is 19.2. The van der Waals surface area contributed by atoms with Crippen molar-refractivity contribution >= 4 is 40.1 Å². The maximum absolute atomic E-state index is 13.2. The molecule has 0 spiro atoms. The van der Waals surface area contributed by atoms with Gasteiger partial charge < -0.3 is 9.15 Å². The first-order valence-electron chi connectivity index (χ1n) is 8.59. The number of benzene rings is 2. The molecule has 0 N–H and O–H groups in total. The lowest BCUT2D eigenvalue weighted by atomic mass is 10.1. The number of aromatic nitrogens is 1. The van der Waals surface area contributed by atoms with Crippen molar-refractivity contribution in [3.05, 3.63) is 92.3 Å². The zero-order valence-electron chi connectivity index (χ0n) is 15.1. The Morgan fingerprint density at radius 2 is 1.86 bits per heavy atom. The highest BCUT2D eigenvalue weighted by Crippen LogP contribution is 2.33. The molecule has 0 saturated carbocycles. The van der Waals surface area contributed by atoms with Crippen molar-refractivity contribution in [3.8, 4) is 17.1 Å². The zero-order valence-corrected chi connectivity index (χ0v) is 16.6. The van der Waals surface area contributed by atoms with Gasteiger partial charge in [0.25, 0.3) is 0 Å². The number of rotatable bonds is 3. The molecule has 0 aliphatic rings. The minimum Gasteiger partial charge on any atom is -0.452 e. The number of esters is 1. The normalized spacial score (nSPS) is 10.9. The molecule has 0 atom stereocenters. The largest absolute Gasteiger partial charge is 0.452 e. The highest BCUT2D eigenvalue weighted by Gasteiger charge is 2.22. The van der Waals surface area contributed by atoms with E-state index in [1.807, 2.05) is 0 Å². The summed E-state index contributed by atoms with van der Waals surface area (Å²) in [5.41, 5.74) is 1.33. The lowest BCUT2D eigenvalue weighted by Gasteiger charge is -2.11. The number of carbonyl (C=O) groups excluding carboxylic acids is 1. The summed E-state index contributed by atoms with van der Waals surface area (Å²) < 4.78 is 11.4. The molecule has 0 amide bonds. The van der Waals surface area contributed by atoms with Gasteiger partial charge in [0.15, 0.2) is 5.76 Å². The van der Waals surface area contributed by atoms with Crippen LogP contribution in [0.5, 0.6) is 5.75 Å². The number of ether oxygens (including phenoxy) is 1. The van der Waals surface area contributed by atoms with Crippen LogP contribution in [0.15, 0.2) is 70.1 Å². The third kappa shape index (κ3) is 3.75. The number of carbonyl (C=O) groups is 1. The molecule has 144 valence electrons. The van der Waals surface area contributed by atoms with Crippen molar-refractivity contribution < 1.29 is 13.9 Å². The molecule has 0 saturated heterocycles. The van der Waals surface area contributed by atoms with Crippen molar-refractivity contribution in [2.24, 2.45) is 0 Å². The predicted molar refractivity (Wildman–Crippen MR) is 112 cm³/mol. The summed E-state index contributed by atoms with van der Waals surface area (Å²) in [7, 11) is 0. The maximum Gasteiger partial charge on any atom is 0.345 e. The Morgan fingerprint density at radius 3 is 2.55 bits per heavy atom. The number of hydrogen-bond acceptors (Lipinski definition) is 5. The Bertz CT molecular complexity index is 1280. The minimum absolute atomic E-state index is 0.123. The fourth-order valence-electron chi connectivity index (χ4n) is 2.82. The smallest absolute Gasteiger partial charge is 0.345 e. The van der Waals surface area contributed by atoms with Gasteiger partial charge in [-0.25, -0.2) is 4.79 Å². The Morgan fingerprint density at radius 1 is 1.10 bits per heavy atom. The van der Waals surface area contributed by atoms with Gasteiger partial charge in [0.2, 0.25) is 11.2 Å². The summed E-state index contributed by atoms with van der Waals surface area (Å²) in [6, 6.07) is 13.0. The fraction of sp³-hybridized carbons (Fsp3) is 0.0455. The molecule has 29 heavy (non-hydrogen) atoms. The van der Waals surface area contributed by atoms with Crippen LogP contribution in [0, 0.1) is 6.92 Å². The van der Waals surface area contributed by atoms with Gasteiger partial charge in [0.1, 0.15) is 5.58 Å². The second kappa shape index (κ2) is 7.70. The Balaban J connectivity index is 1.94. The van der Waals surface area contributed by atoms with E-state index in [2.05, 4.69) is 4.98 Å². The summed E-state index contributed by atoms with van der Waals surface area (Å²) in [6.45, 7) is 1.81. The van der Waals surface area contributed by atoms with Crippen molar-refractivity contribution in [2.45, 2.75) is 6.92 Å². The molecule has 0 radical (unpaired) electrons. The molecular weight excluding hydrogens is 413 g/mol. The van der Waals surface area contributed by atoms with E-state index in [0.29, 0.717) is 21.2 Å². The SMILES string of the molecule is Cc1cc2oc(-c3ccc(Cl)cc3)c(OC(=O)c3cccnc3)c(=O)c2cc1Cl. The Labute approximate surface area is 175 Å². The van der Waals surface area contributed by atoms with Crippen LogP contribution in [-0.4, -0.2) is 11.0 Å². The first-order valence-corrected chi connectivity index (χ1v) is 9.35. The molecule has 2 aromatic carbocycles. The zero-order chi connectivity index (χ0) is 20.5. The lowest BCUT2D eigenvalue weighted by molar-refractivity contribution is 0.0731. The van der Waals surface area contributed by atoms with Gasteiger partial charge >= 0.3 is 5.97 Å². The maximum atomic E-state index is 13.2. The number of aryl methyl sites for hydroxylation is 1. The van der Waals surface area contributed by atoms with Crippen LogP contribution in [-0.2, 0) is 0 Å². The van der Waals surface area contributed by atoms with E-state index >= 15 is 0 Å². The monoisotopic (exact) mass is 425 g/mol. The van der Waals surface area contributed by atoms with Crippen LogP contribution < -0.4 is 10.2 Å². The van der Waals surface area contributed by atoms with Crippen LogP contribution in [0.25, 0.3) is 22.3 Å². The van der Waals surface area contributed by atoms with Crippen LogP contribution in [0.1, 0.15) is 15.9 Å². The van der Waals surface area contributed by atoms with Crippen LogP contribution in [0.3, 0.4) is 0 Å². The average Bonchev–Trinajstić information content (AvgIpc) is 2.73.